The van der Waals surface area contributed by atoms with Gasteiger partial charge in [0.1, 0.15) is 12.1 Å². The maximum Gasteiger partial charge on any atom is 0.326 e. The van der Waals surface area contributed by atoms with Crippen LogP contribution in [0, 0.1) is 23.7 Å². The third-order valence-electron chi connectivity index (χ3n) is 10.8. The number of carboxylic acid groups (broad SMARTS) is 1. The van der Waals surface area contributed by atoms with Crippen LogP contribution < -0.4 is 10.6 Å². The largest absolute Gasteiger partial charge is 0.480 e. The van der Waals surface area contributed by atoms with Gasteiger partial charge in [0.2, 0.25) is 23.6 Å². The first-order chi connectivity index (χ1) is 24.9. The van der Waals surface area contributed by atoms with Crippen LogP contribution in [0.5, 0.6) is 0 Å². The maximum absolute atomic E-state index is 14.2. The van der Waals surface area contributed by atoms with Crippen LogP contribution in [0.3, 0.4) is 0 Å². The van der Waals surface area contributed by atoms with Gasteiger partial charge in [-0.25, -0.2) is 4.79 Å². The van der Waals surface area contributed by atoms with E-state index >= 15 is 0 Å². The summed E-state index contributed by atoms with van der Waals surface area (Å²) in [6.07, 6.45) is 0.820. The third-order valence-corrected chi connectivity index (χ3v) is 10.8. The molecule has 13 heteroatoms. The van der Waals surface area contributed by atoms with Crippen LogP contribution >= 0.6 is 0 Å². The van der Waals surface area contributed by atoms with Gasteiger partial charge in [0, 0.05) is 34.2 Å². The molecule has 0 aromatic heterocycles. The fourth-order valence-electron chi connectivity index (χ4n) is 7.76. The zero-order valence-corrected chi connectivity index (χ0v) is 34.1. The van der Waals surface area contributed by atoms with Crippen LogP contribution in [-0.2, 0) is 39.9 Å². The standard InChI is InChI=1S/C40H67N5O8/c1-13-26(6)35(44(10)39(49)33(24(2)3)42-38(48)34(25(4)5)43(8)9)31(52-11)23-32(46)45-21-17-20-30(45)36(53-12)27(7)37(47)41-29(40(50)51)22-28-18-15-14-16-19-28/h14-16,18-19,24-27,29-31,33-36H,13,17,20-23H2,1-12H3,(H,41,47)(H,42,48)(H,50,51)/t26-,27+,29?,30-,31+,33-,34-,35-,36+/m0/s1. The summed E-state index contributed by atoms with van der Waals surface area (Å²) in [5.41, 5.74) is 0.785. The third kappa shape index (κ3) is 12.2. The van der Waals surface area contributed by atoms with Crippen LogP contribution in [0.1, 0.15) is 79.7 Å². The van der Waals surface area contributed by atoms with Crippen LogP contribution in [0.25, 0.3) is 0 Å². The number of nitrogens with zero attached hydrogens (tertiary/aromatic N) is 3. The fourth-order valence-corrected chi connectivity index (χ4v) is 7.76. The van der Waals surface area contributed by atoms with E-state index in [1.807, 2.05) is 90.9 Å². The highest BCUT2D eigenvalue weighted by molar-refractivity contribution is 5.90. The number of amides is 4. The first-order valence-corrected chi connectivity index (χ1v) is 19.1. The Bertz CT molecular complexity index is 1330. The normalized spacial score (nSPS) is 19.2. The van der Waals surface area contributed by atoms with E-state index in [9.17, 15) is 29.1 Å². The van der Waals surface area contributed by atoms with Crippen molar-refractivity contribution in [3.05, 3.63) is 35.9 Å². The predicted molar refractivity (Wildman–Crippen MR) is 205 cm³/mol. The molecule has 1 unspecified atom stereocenters. The molecule has 3 N–H and O–H groups in total. The number of rotatable bonds is 21. The number of likely N-dealkylation sites (tertiary alicyclic amines) is 1. The molecule has 1 saturated heterocycles. The molecule has 1 aromatic rings. The number of carboxylic acids is 1. The molecule has 1 heterocycles. The summed E-state index contributed by atoms with van der Waals surface area (Å²) < 4.78 is 11.9. The Hall–Kier alpha value is -3.55. The van der Waals surface area contributed by atoms with Crippen LogP contribution in [0.15, 0.2) is 30.3 Å². The number of benzene rings is 1. The predicted octanol–water partition coefficient (Wildman–Crippen LogP) is 3.45. The van der Waals surface area contributed by atoms with Gasteiger partial charge in [-0.1, -0.05) is 85.2 Å². The fraction of sp³-hybridized carbons (Fsp3) is 0.725. The summed E-state index contributed by atoms with van der Waals surface area (Å²) in [4.78, 5) is 72.5. The monoisotopic (exact) mass is 745 g/mol. The van der Waals surface area contributed by atoms with Crippen molar-refractivity contribution in [2.24, 2.45) is 23.7 Å². The lowest BCUT2D eigenvalue weighted by Crippen LogP contribution is -2.59. The molecule has 0 saturated carbocycles. The molecular weight excluding hydrogens is 678 g/mol. The molecule has 1 aromatic carbocycles. The summed E-state index contributed by atoms with van der Waals surface area (Å²) in [7, 11) is 8.44. The van der Waals surface area contributed by atoms with E-state index in [1.54, 1.807) is 23.8 Å². The zero-order valence-electron chi connectivity index (χ0n) is 34.1. The lowest BCUT2D eigenvalue weighted by atomic mass is 9.89. The molecule has 2 rings (SSSR count). The molecule has 13 nitrogen and oxygen atoms in total. The average molecular weight is 746 g/mol. The molecule has 1 fully saturated rings. The Kier molecular flexibility index (Phi) is 18.4. The second kappa shape index (κ2) is 21.4. The van der Waals surface area contributed by atoms with Crippen LogP contribution in [0.4, 0.5) is 0 Å². The summed E-state index contributed by atoms with van der Waals surface area (Å²) in [6, 6.07) is 5.89. The minimum atomic E-state index is -1.14. The molecule has 0 spiro atoms. The number of hydrogen-bond donors (Lipinski definition) is 3. The first kappa shape index (κ1) is 45.6. The Balaban J connectivity index is 2.27. The van der Waals surface area contributed by atoms with E-state index in [0.29, 0.717) is 19.4 Å². The van der Waals surface area contributed by atoms with Crippen molar-refractivity contribution in [2.75, 3.05) is 41.9 Å². The zero-order chi connectivity index (χ0) is 40.2. The second-order valence-electron chi connectivity index (χ2n) is 15.6. The molecule has 0 aliphatic carbocycles. The number of hydrogen-bond acceptors (Lipinski definition) is 8. The summed E-state index contributed by atoms with van der Waals surface area (Å²) in [5.74, 6) is -3.21. The Morgan fingerprint density at radius 2 is 1.53 bits per heavy atom. The number of carbonyl (C=O) groups excluding carboxylic acids is 4. The van der Waals surface area contributed by atoms with E-state index in [-0.39, 0.29) is 48.3 Å². The quantitative estimate of drug-likeness (QED) is 0.172. The molecule has 4 amide bonds. The van der Waals surface area contributed by atoms with Crippen molar-refractivity contribution < 1.29 is 38.6 Å². The van der Waals surface area contributed by atoms with Crippen molar-refractivity contribution >= 4 is 29.6 Å². The summed E-state index contributed by atoms with van der Waals surface area (Å²) in [5, 5.41) is 15.6. The van der Waals surface area contributed by atoms with Crippen LogP contribution in [-0.4, -0.2) is 134 Å². The molecule has 0 bridgehead atoms. The van der Waals surface area contributed by atoms with E-state index in [1.165, 1.54) is 14.2 Å². The minimum absolute atomic E-state index is 0.0104. The van der Waals surface area contributed by atoms with E-state index < -0.39 is 60.2 Å². The number of nitrogens with one attached hydrogen (secondary N) is 2. The first-order valence-electron chi connectivity index (χ1n) is 19.1. The minimum Gasteiger partial charge on any atom is -0.480 e. The average Bonchev–Trinajstić information content (AvgIpc) is 3.59. The molecule has 1 aliphatic rings. The van der Waals surface area contributed by atoms with Crippen molar-refractivity contribution in [3.8, 4) is 0 Å². The van der Waals surface area contributed by atoms with E-state index in [0.717, 1.165) is 12.0 Å². The summed E-state index contributed by atoms with van der Waals surface area (Å²) in [6.45, 7) is 13.9. The highest BCUT2D eigenvalue weighted by Gasteiger charge is 2.43. The highest BCUT2D eigenvalue weighted by Crippen LogP contribution is 2.30. The smallest absolute Gasteiger partial charge is 0.326 e. The van der Waals surface area contributed by atoms with Crippen molar-refractivity contribution in [2.45, 2.75) is 123 Å². The SMILES string of the molecule is CC[C@H](C)[C@@H]([C@@H](CC(=O)N1CCC[C@H]1[C@H](OC)[C@@H](C)C(=O)NC(Cc1ccccc1)C(=O)O)OC)N(C)C(=O)[C@@H](NC(=O)[C@H](C(C)C)N(C)C)C(C)C. The van der Waals surface area contributed by atoms with Gasteiger partial charge in [-0.3, -0.25) is 24.1 Å². The lowest BCUT2D eigenvalue weighted by molar-refractivity contribution is -0.148. The van der Waals surface area contributed by atoms with E-state index in [4.69, 9.17) is 9.47 Å². The molecule has 0 radical (unpaired) electrons. The van der Waals surface area contributed by atoms with Gasteiger partial charge in [0.05, 0.1) is 42.7 Å². The molecule has 300 valence electrons. The maximum atomic E-state index is 14.2. The Morgan fingerprint density at radius 3 is 2.02 bits per heavy atom. The van der Waals surface area contributed by atoms with Gasteiger partial charge < -0.3 is 35.0 Å². The number of likely N-dealkylation sites (N-methyl/N-ethyl adjacent to an activating group) is 2. The number of methoxy groups -OCH3 is 2. The summed E-state index contributed by atoms with van der Waals surface area (Å²) >= 11 is 0. The van der Waals surface area contributed by atoms with Gasteiger partial charge in [0.15, 0.2) is 0 Å². The number of aliphatic carboxylic acids is 1. The Morgan fingerprint density at radius 1 is 0.906 bits per heavy atom. The van der Waals surface area contributed by atoms with Crippen LogP contribution in [0.2, 0.25) is 0 Å². The second-order valence-corrected chi connectivity index (χ2v) is 15.6. The van der Waals surface area contributed by atoms with Gasteiger partial charge in [-0.15, -0.1) is 0 Å². The van der Waals surface area contributed by atoms with E-state index in [2.05, 4.69) is 10.6 Å². The number of ether oxygens (including phenoxy) is 2. The number of carbonyl (C=O) groups is 5. The molecule has 1 aliphatic heterocycles. The molecule has 53 heavy (non-hydrogen) atoms. The van der Waals surface area contributed by atoms with Gasteiger partial charge in [-0.05, 0) is 50.3 Å². The lowest BCUT2D eigenvalue weighted by Gasteiger charge is -2.41. The van der Waals surface area contributed by atoms with Crippen molar-refractivity contribution in [3.63, 3.8) is 0 Å². The van der Waals surface area contributed by atoms with Gasteiger partial charge in [-0.2, -0.15) is 0 Å². The molecular formula is C40H67N5O8. The van der Waals surface area contributed by atoms with Crippen molar-refractivity contribution in [1.29, 1.82) is 0 Å². The highest BCUT2D eigenvalue weighted by atomic mass is 16.5. The van der Waals surface area contributed by atoms with Crippen molar-refractivity contribution in [1.82, 2.24) is 25.3 Å². The topological polar surface area (TPSA) is 158 Å². The van der Waals surface area contributed by atoms with Gasteiger partial charge >= 0.3 is 5.97 Å². The Labute approximate surface area is 317 Å². The molecule has 9 atom stereocenters. The van der Waals surface area contributed by atoms with Gasteiger partial charge in [0.25, 0.3) is 0 Å².